The number of nitrogens with zero attached hydrogens (tertiary/aromatic N) is 1. The first-order valence-electron chi connectivity index (χ1n) is 11.1. The Morgan fingerprint density at radius 1 is 0.944 bits per heavy atom. The van der Waals surface area contributed by atoms with Crippen molar-refractivity contribution in [2.75, 3.05) is 23.8 Å². The highest BCUT2D eigenvalue weighted by molar-refractivity contribution is 5.98. The number of hydrogen-bond acceptors (Lipinski definition) is 7. The fourth-order valence-electron chi connectivity index (χ4n) is 3.13. The quantitative estimate of drug-likeness (QED) is 0.289. The number of rotatable bonds is 9. The predicted octanol–water partition coefficient (Wildman–Crippen LogP) is 1.57. The zero-order valence-corrected chi connectivity index (χ0v) is 19.6. The number of aliphatic hydroxyl groups excluding tert-OH is 2. The van der Waals surface area contributed by atoms with Gasteiger partial charge >= 0.3 is 0 Å². The molecule has 0 aliphatic heterocycles. The van der Waals surface area contributed by atoms with Gasteiger partial charge in [-0.1, -0.05) is 11.8 Å². The van der Waals surface area contributed by atoms with Crippen molar-refractivity contribution in [2.24, 2.45) is 0 Å². The van der Waals surface area contributed by atoms with E-state index in [1.165, 1.54) is 6.92 Å². The number of amides is 2. The van der Waals surface area contributed by atoms with Crippen LogP contribution in [-0.4, -0.2) is 58.1 Å². The molecule has 2 aromatic carbocycles. The van der Waals surface area contributed by atoms with Crippen molar-refractivity contribution in [3.8, 4) is 11.8 Å². The van der Waals surface area contributed by atoms with Gasteiger partial charge in [-0.25, -0.2) is 0 Å². The van der Waals surface area contributed by atoms with Gasteiger partial charge in [-0.15, -0.1) is 0 Å². The summed E-state index contributed by atoms with van der Waals surface area (Å²) >= 11 is 0. The number of ketones is 1. The lowest BCUT2D eigenvalue weighted by Crippen LogP contribution is -2.48. The molecule has 9 nitrogen and oxygen atoms in total. The largest absolute Gasteiger partial charge is 0.391 e. The summed E-state index contributed by atoms with van der Waals surface area (Å²) in [5.74, 6) is 4.61. The van der Waals surface area contributed by atoms with Crippen molar-refractivity contribution in [2.45, 2.75) is 19.1 Å². The third-order valence-corrected chi connectivity index (χ3v) is 5.05. The van der Waals surface area contributed by atoms with Crippen LogP contribution in [0.25, 0.3) is 0 Å². The first-order valence-corrected chi connectivity index (χ1v) is 11.1. The molecule has 0 radical (unpaired) electrons. The average molecular weight is 487 g/mol. The molecule has 184 valence electrons. The number of pyridine rings is 1. The van der Waals surface area contributed by atoms with Crippen molar-refractivity contribution in [1.29, 1.82) is 0 Å². The van der Waals surface area contributed by atoms with Gasteiger partial charge < -0.3 is 26.2 Å². The molecule has 0 aliphatic carbocycles. The maximum Gasteiger partial charge on any atom is 0.251 e. The number of carbonyl (C=O) groups excluding carboxylic acids is 3. The molecule has 9 heteroatoms. The first-order chi connectivity index (χ1) is 17.4. The Kier molecular flexibility index (Phi) is 9.28. The summed E-state index contributed by atoms with van der Waals surface area (Å²) in [6.45, 7) is 0.693. The van der Waals surface area contributed by atoms with Crippen molar-refractivity contribution < 1.29 is 24.6 Å². The molecule has 3 aromatic rings. The third kappa shape index (κ3) is 7.77. The van der Waals surface area contributed by atoms with Gasteiger partial charge in [-0.2, -0.15) is 0 Å². The highest BCUT2D eigenvalue weighted by Crippen LogP contribution is 2.10. The molecule has 2 atom stereocenters. The molecule has 0 unspecified atom stereocenters. The molecule has 0 aliphatic rings. The standard InChI is InChI=1S/C27H26N4O5/c1-18(33)26(24(34)17-32)31-27(36)21-10-6-19(7-11-21)4-5-20-8-12-22(13-9-20)30-25(35)16-29-23-3-2-14-28-15-23/h2-3,6-15,18,26,29,32-33H,16-17H2,1H3,(H,30,35)(H,31,36)/t18-,26+/m1/s1. The Morgan fingerprint density at radius 3 is 2.14 bits per heavy atom. The summed E-state index contributed by atoms with van der Waals surface area (Å²) in [4.78, 5) is 40.1. The number of benzene rings is 2. The van der Waals surface area contributed by atoms with Gasteiger partial charge in [0, 0.05) is 34.8 Å². The van der Waals surface area contributed by atoms with Gasteiger partial charge in [0.15, 0.2) is 5.78 Å². The van der Waals surface area contributed by atoms with Crippen LogP contribution in [0.1, 0.15) is 28.4 Å². The minimum atomic E-state index is -1.19. The van der Waals surface area contributed by atoms with E-state index in [-0.39, 0.29) is 18.0 Å². The van der Waals surface area contributed by atoms with Gasteiger partial charge in [0.05, 0.1) is 18.3 Å². The summed E-state index contributed by atoms with van der Waals surface area (Å²) in [6, 6.07) is 15.9. The number of aromatic nitrogens is 1. The molecule has 0 bridgehead atoms. The highest BCUT2D eigenvalue weighted by atomic mass is 16.3. The Bertz CT molecular complexity index is 1250. The topological polar surface area (TPSA) is 141 Å². The zero-order valence-electron chi connectivity index (χ0n) is 19.6. The molecule has 2 amide bonds. The van der Waals surface area contributed by atoms with Crippen LogP contribution in [0.3, 0.4) is 0 Å². The van der Waals surface area contributed by atoms with E-state index < -0.39 is 30.4 Å². The Morgan fingerprint density at radius 2 is 1.58 bits per heavy atom. The number of carbonyl (C=O) groups is 3. The van der Waals surface area contributed by atoms with Crippen LogP contribution in [-0.2, 0) is 9.59 Å². The van der Waals surface area contributed by atoms with Crippen LogP contribution >= 0.6 is 0 Å². The summed E-state index contributed by atoms with van der Waals surface area (Å²) in [7, 11) is 0. The summed E-state index contributed by atoms with van der Waals surface area (Å²) in [6.07, 6.45) is 2.16. The lowest BCUT2D eigenvalue weighted by atomic mass is 10.1. The number of anilines is 2. The van der Waals surface area contributed by atoms with E-state index in [0.29, 0.717) is 11.3 Å². The fourth-order valence-corrected chi connectivity index (χ4v) is 3.13. The first kappa shape index (κ1) is 26.1. The van der Waals surface area contributed by atoms with Crippen LogP contribution < -0.4 is 16.0 Å². The molecule has 0 saturated carbocycles. The van der Waals surface area contributed by atoms with Crippen molar-refractivity contribution in [1.82, 2.24) is 10.3 Å². The number of Topliss-reactive ketones (excluding diaryl/α,β-unsaturated/α-hetero) is 1. The smallest absolute Gasteiger partial charge is 0.251 e. The molecular weight excluding hydrogens is 460 g/mol. The van der Waals surface area contributed by atoms with Crippen molar-refractivity contribution in [3.63, 3.8) is 0 Å². The second-order valence-corrected chi connectivity index (χ2v) is 7.86. The minimum absolute atomic E-state index is 0.110. The molecular formula is C27H26N4O5. The predicted molar refractivity (Wildman–Crippen MR) is 135 cm³/mol. The van der Waals surface area contributed by atoms with E-state index in [4.69, 9.17) is 5.11 Å². The molecule has 36 heavy (non-hydrogen) atoms. The molecule has 3 rings (SSSR count). The van der Waals surface area contributed by atoms with Gasteiger partial charge in [-0.05, 0) is 67.6 Å². The molecule has 1 aromatic heterocycles. The van der Waals surface area contributed by atoms with Crippen LogP contribution in [0.15, 0.2) is 73.1 Å². The number of nitrogens with one attached hydrogen (secondary N) is 3. The van der Waals surface area contributed by atoms with Crippen LogP contribution in [0.4, 0.5) is 11.4 Å². The van der Waals surface area contributed by atoms with Gasteiger partial charge in [-0.3, -0.25) is 19.4 Å². The third-order valence-electron chi connectivity index (χ3n) is 5.05. The van der Waals surface area contributed by atoms with E-state index >= 15 is 0 Å². The van der Waals surface area contributed by atoms with E-state index in [1.807, 2.05) is 6.07 Å². The summed E-state index contributed by atoms with van der Waals surface area (Å²) in [5, 5.41) is 26.9. The Labute approximate surface area is 208 Å². The maximum atomic E-state index is 12.4. The fraction of sp³-hybridized carbons (Fsp3) is 0.185. The highest BCUT2D eigenvalue weighted by Gasteiger charge is 2.25. The molecule has 0 saturated heterocycles. The Balaban J connectivity index is 1.54. The summed E-state index contributed by atoms with van der Waals surface area (Å²) in [5.41, 5.74) is 3.10. The SMILES string of the molecule is C[C@@H](O)[C@H](NC(=O)c1ccc(C#Cc2ccc(NC(=O)CNc3cccnc3)cc2)cc1)C(=O)CO. The lowest BCUT2D eigenvalue weighted by molar-refractivity contribution is -0.125. The van der Waals surface area contributed by atoms with Gasteiger partial charge in [0.1, 0.15) is 12.6 Å². The minimum Gasteiger partial charge on any atom is -0.391 e. The second kappa shape index (κ2) is 12.8. The van der Waals surface area contributed by atoms with E-state index in [2.05, 4.69) is 32.8 Å². The lowest BCUT2D eigenvalue weighted by Gasteiger charge is -2.19. The van der Waals surface area contributed by atoms with Crippen molar-refractivity contribution in [3.05, 3.63) is 89.7 Å². The van der Waals surface area contributed by atoms with Gasteiger partial charge in [0.25, 0.3) is 5.91 Å². The molecule has 0 spiro atoms. The number of hydrogen-bond donors (Lipinski definition) is 5. The van der Waals surface area contributed by atoms with Crippen LogP contribution in [0, 0.1) is 11.8 Å². The monoisotopic (exact) mass is 486 g/mol. The van der Waals surface area contributed by atoms with Gasteiger partial charge in [0.2, 0.25) is 5.91 Å². The van der Waals surface area contributed by atoms with E-state index in [9.17, 15) is 19.5 Å². The zero-order chi connectivity index (χ0) is 25.9. The summed E-state index contributed by atoms with van der Waals surface area (Å²) < 4.78 is 0. The van der Waals surface area contributed by atoms with Crippen LogP contribution in [0.5, 0.6) is 0 Å². The Hall–Kier alpha value is -4.52. The van der Waals surface area contributed by atoms with E-state index in [1.54, 1.807) is 67.0 Å². The molecule has 1 heterocycles. The average Bonchev–Trinajstić information content (AvgIpc) is 2.90. The van der Waals surface area contributed by atoms with Crippen LogP contribution in [0.2, 0.25) is 0 Å². The maximum absolute atomic E-state index is 12.4. The van der Waals surface area contributed by atoms with Crippen molar-refractivity contribution >= 4 is 29.0 Å². The molecule has 5 N–H and O–H groups in total. The normalized spacial score (nSPS) is 11.9. The number of aliphatic hydroxyl groups is 2. The second-order valence-electron chi connectivity index (χ2n) is 7.86. The molecule has 0 fully saturated rings. The van der Waals surface area contributed by atoms with E-state index in [0.717, 1.165) is 11.3 Å².